The van der Waals surface area contributed by atoms with Gasteiger partial charge in [0.25, 0.3) is 0 Å². The van der Waals surface area contributed by atoms with E-state index >= 15 is 0 Å². The van der Waals surface area contributed by atoms with E-state index in [1.807, 2.05) is 38.1 Å². The molecule has 1 aromatic carbocycles. The van der Waals surface area contributed by atoms with Crippen LogP contribution in [0.25, 0.3) is 11.4 Å². The van der Waals surface area contributed by atoms with Crippen LogP contribution in [0.1, 0.15) is 44.3 Å². The third kappa shape index (κ3) is 4.29. The van der Waals surface area contributed by atoms with Gasteiger partial charge in [0, 0.05) is 37.1 Å². The zero-order valence-corrected chi connectivity index (χ0v) is 15.0. The Morgan fingerprint density at radius 2 is 2.19 bits per heavy atom. The van der Waals surface area contributed by atoms with E-state index in [-0.39, 0.29) is 11.8 Å². The predicted molar refractivity (Wildman–Crippen MR) is 94.2 cm³/mol. The van der Waals surface area contributed by atoms with Gasteiger partial charge in [-0.05, 0) is 29.0 Å². The second-order valence-electron chi connectivity index (χ2n) is 6.31. The summed E-state index contributed by atoms with van der Waals surface area (Å²) in [6, 6.07) is 7.42. The minimum atomic E-state index is -0.0677. The highest BCUT2D eigenvalue weighted by Gasteiger charge is 2.11. The van der Waals surface area contributed by atoms with E-state index in [4.69, 9.17) is 4.52 Å². The van der Waals surface area contributed by atoms with Crippen LogP contribution in [0.4, 0.5) is 5.69 Å². The molecule has 0 spiro atoms. The van der Waals surface area contributed by atoms with Crippen LogP contribution >= 0.6 is 0 Å². The summed E-state index contributed by atoms with van der Waals surface area (Å²) in [5, 5.41) is 18.2. The summed E-state index contributed by atoms with van der Waals surface area (Å²) in [5.74, 6) is 2.06. The van der Waals surface area contributed by atoms with Gasteiger partial charge in [-0.2, -0.15) is 4.98 Å². The van der Waals surface area contributed by atoms with Crippen LogP contribution in [-0.4, -0.2) is 36.3 Å². The summed E-state index contributed by atoms with van der Waals surface area (Å²) in [6.45, 7) is 4.01. The van der Waals surface area contributed by atoms with Gasteiger partial charge in [-0.25, -0.2) is 4.68 Å². The topological polar surface area (TPSA) is 112 Å². The minimum Gasteiger partial charge on any atom is -0.339 e. The summed E-state index contributed by atoms with van der Waals surface area (Å²) in [6.07, 6.45) is 1.59. The summed E-state index contributed by atoms with van der Waals surface area (Å²) >= 11 is 0. The molecule has 0 fully saturated rings. The van der Waals surface area contributed by atoms with Crippen LogP contribution in [0.15, 0.2) is 28.8 Å². The monoisotopic (exact) mass is 355 g/mol. The maximum absolute atomic E-state index is 12.2. The molecule has 0 aliphatic rings. The molecule has 1 N–H and O–H groups in total. The number of carbonyl (C=O) groups excluding carboxylic acids is 1. The molecule has 2 aromatic heterocycles. The van der Waals surface area contributed by atoms with Crippen molar-refractivity contribution in [2.75, 3.05) is 5.32 Å². The standard InChI is InChI=1S/C17H21N7O2/c1-11(2)16-19-15(26-21-16)9-5-8-14(25)18-13-7-4-6-12(10-13)17-20-22-23-24(17)3/h4,6-7,10-11H,5,8-9H2,1-3H3,(H,18,25). The molecule has 3 aromatic rings. The lowest BCUT2D eigenvalue weighted by atomic mass is 10.1. The molecule has 0 saturated carbocycles. The van der Waals surface area contributed by atoms with Crippen LogP contribution in [-0.2, 0) is 18.3 Å². The lowest BCUT2D eigenvalue weighted by Gasteiger charge is -2.06. The van der Waals surface area contributed by atoms with Crippen molar-refractivity contribution in [2.45, 2.75) is 39.0 Å². The van der Waals surface area contributed by atoms with Gasteiger partial charge in [0.15, 0.2) is 11.6 Å². The number of amides is 1. The van der Waals surface area contributed by atoms with Gasteiger partial charge in [-0.15, -0.1) is 5.10 Å². The second-order valence-corrected chi connectivity index (χ2v) is 6.31. The van der Waals surface area contributed by atoms with Gasteiger partial charge in [0.1, 0.15) is 0 Å². The molecule has 3 rings (SSSR count). The Morgan fingerprint density at radius 3 is 2.88 bits per heavy atom. The largest absolute Gasteiger partial charge is 0.339 e. The quantitative estimate of drug-likeness (QED) is 0.692. The predicted octanol–water partition coefficient (Wildman–Crippen LogP) is 2.34. The first kappa shape index (κ1) is 17.7. The Balaban J connectivity index is 1.52. The molecule has 0 unspecified atom stereocenters. The van der Waals surface area contributed by atoms with Crippen LogP contribution in [0.2, 0.25) is 0 Å². The first-order valence-corrected chi connectivity index (χ1v) is 8.48. The number of aryl methyl sites for hydroxylation is 2. The Kier molecular flexibility index (Phi) is 5.35. The number of tetrazole rings is 1. The highest BCUT2D eigenvalue weighted by molar-refractivity contribution is 5.91. The van der Waals surface area contributed by atoms with Gasteiger partial charge in [0.2, 0.25) is 11.8 Å². The van der Waals surface area contributed by atoms with Crippen molar-refractivity contribution in [1.29, 1.82) is 0 Å². The molecule has 0 bridgehead atoms. The van der Waals surface area contributed by atoms with Crippen molar-refractivity contribution < 1.29 is 9.32 Å². The smallest absolute Gasteiger partial charge is 0.226 e. The van der Waals surface area contributed by atoms with E-state index in [2.05, 4.69) is 31.0 Å². The Bertz CT molecular complexity index is 885. The number of anilines is 1. The van der Waals surface area contributed by atoms with Gasteiger partial charge in [-0.3, -0.25) is 4.79 Å². The molecule has 2 heterocycles. The lowest BCUT2D eigenvalue weighted by Crippen LogP contribution is -2.11. The van der Waals surface area contributed by atoms with E-state index in [0.29, 0.717) is 42.5 Å². The van der Waals surface area contributed by atoms with Crippen molar-refractivity contribution in [3.63, 3.8) is 0 Å². The molecule has 9 nitrogen and oxygen atoms in total. The number of hydrogen-bond donors (Lipinski definition) is 1. The molecule has 0 atom stereocenters. The Hall–Kier alpha value is -3.10. The lowest BCUT2D eigenvalue weighted by molar-refractivity contribution is -0.116. The normalized spacial score (nSPS) is 11.1. The minimum absolute atomic E-state index is 0.0677. The summed E-state index contributed by atoms with van der Waals surface area (Å²) in [7, 11) is 1.77. The second kappa shape index (κ2) is 7.85. The first-order chi connectivity index (χ1) is 12.5. The molecule has 0 saturated heterocycles. The Morgan fingerprint density at radius 1 is 1.35 bits per heavy atom. The highest BCUT2D eigenvalue weighted by Crippen LogP contribution is 2.20. The Labute approximate surface area is 150 Å². The van der Waals surface area contributed by atoms with Crippen LogP contribution in [0.5, 0.6) is 0 Å². The van der Waals surface area contributed by atoms with Gasteiger partial charge in [-0.1, -0.05) is 31.1 Å². The molecular formula is C17H21N7O2. The number of aromatic nitrogens is 6. The van der Waals surface area contributed by atoms with Crippen LogP contribution in [0, 0.1) is 0 Å². The number of nitrogens with one attached hydrogen (secondary N) is 1. The average molecular weight is 355 g/mol. The fourth-order valence-corrected chi connectivity index (χ4v) is 2.44. The molecular weight excluding hydrogens is 334 g/mol. The van der Waals surface area contributed by atoms with Crippen LogP contribution < -0.4 is 5.32 Å². The SMILES string of the molecule is CC(C)c1noc(CCCC(=O)Nc2cccc(-c3nnnn3C)c2)n1. The fraction of sp³-hybridized carbons (Fsp3) is 0.412. The molecule has 0 radical (unpaired) electrons. The van der Waals surface area contributed by atoms with Crippen molar-refractivity contribution in [3.8, 4) is 11.4 Å². The zero-order valence-electron chi connectivity index (χ0n) is 15.0. The van der Waals surface area contributed by atoms with Gasteiger partial charge < -0.3 is 9.84 Å². The molecule has 1 amide bonds. The van der Waals surface area contributed by atoms with Gasteiger partial charge >= 0.3 is 0 Å². The van der Waals surface area contributed by atoms with Gasteiger partial charge in [0.05, 0.1) is 0 Å². The van der Waals surface area contributed by atoms with E-state index in [1.54, 1.807) is 11.7 Å². The zero-order chi connectivity index (χ0) is 18.5. The number of rotatable bonds is 7. The number of nitrogens with zero attached hydrogens (tertiary/aromatic N) is 6. The van der Waals surface area contributed by atoms with Crippen molar-refractivity contribution in [3.05, 3.63) is 36.0 Å². The van der Waals surface area contributed by atoms with Crippen molar-refractivity contribution >= 4 is 11.6 Å². The number of carbonyl (C=O) groups is 1. The first-order valence-electron chi connectivity index (χ1n) is 8.48. The van der Waals surface area contributed by atoms with E-state index in [0.717, 1.165) is 5.56 Å². The van der Waals surface area contributed by atoms with E-state index in [1.165, 1.54) is 0 Å². The summed E-state index contributed by atoms with van der Waals surface area (Å²) in [4.78, 5) is 16.5. The van der Waals surface area contributed by atoms with E-state index < -0.39 is 0 Å². The third-order valence-corrected chi connectivity index (χ3v) is 3.82. The highest BCUT2D eigenvalue weighted by atomic mass is 16.5. The third-order valence-electron chi connectivity index (χ3n) is 3.82. The number of hydrogen-bond acceptors (Lipinski definition) is 7. The molecule has 26 heavy (non-hydrogen) atoms. The van der Waals surface area contributed by atoms with Crippen LogP contribution in [0.3, 0.4) is 0 Å². The van der Waals surface area contributed by atoms with E-state index in [9.17, 15) is 4.79 Å². The molecule has 136 valence electrons. The number of benzene rings is 1. The van der Waals surface area contributed by atoms with Crippen molar-refractivity contribution in [1.82, 2.24) is 30.3 Å². The summed E-state index contributed by atoms with van der Waals surface area (Å²) in [5.41, 5.74) is 1.54. The summed E-state index contributed by atoms with van der Waals surface area (Å²) < 4.78 is 6.76. The molecule has 9 heteroatoms. The maximum atomic E-state index is 12.2. The fourth-order valence-electron chi connectivity index (χ4n) is 2.44. The molecule has 0 aliphatic carbocycles. The average Bonchev–Trinajstić information content (AvgIpc) is 3.24. The molecule has 0 aliphatic heterocycles. The van der Waals surface area contributed by atoms with Crippen molar-refractivity contribution in [2.24, 2.45) is 7.05 Å². The maximum Gasteiger partial charge on any atom is 0.226 e.